The van der Waals surface area contributed by atoms with Gasteiger partial charge in [0.1, 0.15) is 5.75 Å². The second kappa shape index (κ2) is 5.85. The average Bonchev–Trinajstić information content (AvgIpc) is 2.28. The van der Waals surface area contributed by atoms with Crippen LogP contribution in [-0.4, -0.2) is 13.2 Å². The first kappa shape index (κ1) is 12.9. The second-order valence-corrected chi connectivity index (χ2v) is 5.48. The Labute approximate surface area is 111 Å². The van der Waals surface area contributed by atoms with E-state index in [-0.39, 0.29) is 0 Å². The summed E-state index contributed by atoms with van der Waals surface area (Å²) in [5.74, 6) is 7.27. The Morgan fingerprint density at radius 1 is 1.53 bits per heavy atom. The molecule has 0 aromatic heterocycles. The Balaban J connectivity index is 2.09. The predicted octanol–water partition coefficient (Wildman–Crippen LogP) is 2.63. The fraction of sp³-hybridized carbons (Fsp3) is 0.538. The summed E-state index contributed by atoms with van der Waals surface area (Å²) in [6.07, 6.45) is 4.86. The molecule has 94 valence electrons. The van der Waals surface area contributed by atoms with Gasteiger partial charge in [-0.15, -0.1) is 0 Å². The van der Waals surface area contributed by atoms with Crippen molar-refractivity contribution in [3.8, 4) is 5.75 Å². The van der Waals surface area contributed by atoms with Crippen LogP contribution in [0.1, 0.15) is 24.8 Å². The molecule has 1 aromatic rings. The third kappa shape index (κ3) is 3.00. The van der Waals surface area contributed by atoms with Crippen molar-refractivity contribution in [3.05, 3.63) is 28.2 Å². The number of ether oxygens (including phenoxy) is 1. The largest absolute Gasteiger partial charge is 0.497 e. The van der Waals surface area contributed by atoms with Crippen LogP contribution < -0.4 is 16.0 Å². The van der Waals surface area contributed by atoms with E-state index in [4.69, 9.17) is 10.6 Å². The summed E-state index contributed by atoms with van der Waals surface area (Å²) in [5.41, 5.74) is 4.20. The van der Waals surface area contributed by atoms with Gasteiger partial charge in [-0.25, -0.2) is 0 Å². The number of nitrogens with one attached hydrogen (secondary N) is 1. The number of hydrogen-bond acceptors (Lipinski definition) is 3. The summed E-state index contributed by atoms with van der Waals surface area (Å²) >= 11 is 3.58. The molecule has 1 aliphatic rings. The summed E-state index contributed by atoms with van der Waals surface area (Å²) in [6, 6.07) is 6.43. The first-order valence-electron chi connectivity index (χ1n) is 6.03. The van der Waals surface area contributed by atoms with E-state index in [2.05, 4.69) is 27.4 Å². The van der Waals surface area contributed by atoms with E-state index in [1.54, 1.807) is 7.11 Å². The van der Waals surface area contributed by atoms with Crippen LogP contribution in [0.2, 0.25) is 0 Å². The topological polar surface area (TPSA) is 47.3 Å². The molecule has 0 saturated heterocycles. The number of benzene rings is 1. The smallest absolute Gasteiger partial charge is 0.119 e. The van der Waals surface area contributed by atoms with Gasteiger partial charge in [-0.3, -0.25) is 11.3 Å². The maximum Gasteiger partial charge on any atom is 0.119 e. The van der Waals surface area contributed by atoms with Crippen molar-refractivity contribution in [3.63, 3.8) is 0 Å². The number of methoxy groups -OCH3 is 1. The zero-order valence-electron chi connectivity index (χ0n) is 10.1. The molecule has 3 nitrogen and oxygen atoms in total. The third-order valence-electron chi connectivity index (χ3n) is 3.63. The fourth-order valence-electron chi connectivity index (χ4n) is 2.28. The minimum atomic E-state index is 0.368. The van der Waals surface area contributed by atoms with Crippen molar-refractivity contribution in [2.24, 2.45) is 11.8 Å². The minimum absolute atomic E-state index is 0.368. The first-order valence-corrected chi connectivity index (χ1v) is 6.82. The SMILES string of the molecule is COc1ccc(Br)c(CC(NN)C2CCC2)c1. The van der Waals surface area contributed by atoms with Gasteiger partial charge in [-0.1, -0.05) is 22.4 Å². The highest BCUT2D eigenvalue weighted by Crippen LogP contribution is 2.32. The Bertz CT molecular complexity index is 380. The number of hydrazine groups is 1. The van der Waals surface area contributed by atoms with Crippen molar-refractivity contribution < 1.29 is 4.74 Å². The second-order valence-electron chi connectivity index (χ2n) is 4.63. The zero-order chi connectivity index (χ0) is 12.3. The van der Waals surface area contributed by atoms with Gasteiger partial charge in [-0.2, -0.15) is 0 Å². The number of nitrogens with two attached hydrogens (primary N) is 1. The van der Waals surface area contributed by atoms with Crippen molar-refractivity contribution in [2.75, 3.05) is 7.11 Å². The molecule has 1 saturated carbocycles. The molecule has 0 spiro atoms. The van der Waals surface area contributed by atoms with Crippen LogP contribution in [0.15, 0.2) is 22.7 Å². The summed E-state index contributed by atoms with van der Waals surface area (Å²) in [5, 5.41) is 0. The number of rotatable bonds is 5. The third-order valence-corrected chi connectivity index (χ3v) is 4.40. The average molecular weight is 299 g/mol. The van der Waals surface area contributed by atoms with E-state index >= 15 is 0 Å². The first-order chi connectivity index (χ1) is 8.24. The lowest BCUT2D eigenvalue weighted by Crippen LogP contribution is -2.44. The molecule has 2 rings (SSSR count). The molecule has 0 amide bonds. The molecular formula is C13H19BrN2O. The fourth-order valence-corrected chi connectivity index (χ4v) is 2.68. The molecule has 0 radical (unpaired) electrons. The van der Waals surface area contributed by atoms with E-state index < -0.39 is 0 Å². The molecule has 1 aliphatic carbocycles. The Hall–Kier alpha value is -0.580. The summed E-state index contributed by atoms with van der Waals surface area (Å²) < 4.78 is 6.38. The van der Waals surface area contributed by atoms with Crippen LogP contribution in [0, 0.1) is 5.92 Å². The molecule has 1 fully saturated rings. The van der Waals surface area contributed by atoms with Crippen molar-refractivity contribution in [1.29, 1.82) is 0 Å². The number of hydrogen-bond donors (Lipinski definition) is 2. The van der Waals surface area contributed by atoms with Gasteiger partial charge in [0.05, 0.1) is 7.11 Å². The van der Waals surface area contributed by atoms with Crippen LogP contribution in [-0.2, 0) is 6.42 Å². The van der Waals surface area contributed by atoms with Crippen LogP contribution in [0.3, 0.4) is 0 Å². The Kier molecular flexibility index (Phi) is 4.42. The van der Waals surface area contributed by atoms with Gasteiger partial charge in [-0.05, 0) is 48.9 Å². The lowest BCUT2D eigenvalue weighted by molar-refractivity contribution is 0.228. The van der Waals surface area contributed by atoms with Crippen molar-refractivity contribution in [1.82, 2.24) is 5.43 Å². The van der Waals surface area contributed by atoms with E-state index in [1.807, 2.05) is 12.1 Å². The molecule has 0 heterocycles. The standard InChI is InChI=1S/C13H19BrN2O/c1-17-11-5-6-12(14)10(7-11)8-13(16-15)9-3-2-4-9/h5-7,9,13,16H,2-4,8,15H2,1H3. The Morgan fingerprint density at radius 3 is 2.82 bits per heavy atom. The molecule has 17 heavy (non-hydrogen) atoms. The van der Waals surface area contributed by atoms with Crippen LogP contribution in [0.25, 0.3) is 0 Å². The Morgan fingerprint density at radius 2 is 2.29 bits per heavy atom. The van der Waals surface area contributed by atoms with Crippen LogP contribution in [0.5, 0.6) is 5.75 Å². The van der Waals surface area contributed by atoms with Crippen LogP contribution >= 0.6 is 15.9 Å². The molecule has 3 N–H and O–H groups in total. The highest BCUT2D eigenvalue weighted by Gasteiger charge is 2.27. The maximum absolute atomic E-state index is 5.66. The number of halogens is 1. The quantitative estimate of drug-likeness (QED) is 0.649. The van der Waals surface area contributed by atoms with E-state index in [9.17, 15) is 0 Å². The minimum Gasteiger partial charge on any atom is -0.497 e. The van der Waals surface area contributed by atoms with E-state index in [0.717, 1.165) is 22.6 Å². The van der Waals surface area contributed by atoms with Gasteiger partial charge in [0.2, 0.25) is 0 Å². The van der Waals surface area contributed by atoms with Gasteiger partial charge >= 0.3 is 0 Å². The lowest BCUT2D eigenvalue weighted by atomic mass is 9.78. The monoisotopic (exact) mass is 298 g/mol. The maximum atomic E-state index is 5.66. The lowest BCUT2D eigenvalue weighted by Gasteiger charge is -2.33. The molecule has 0 bridgehead atoms. The van der Waals surface area contributed by atoms with Gasteiger partial charge < -0.3 is 4.74 Å². The molecule has 1 unspecified atom stereocenters. The van der Waals surface area contributed by atoms with Crippen molar-refractivity contribution in [2.45, 2.75) is 31.7 Å². The van der Waals surface area contributed by atoms with Crippen molar-refractivity contribution >= 4 is 15.9 Å². The molecule has 1 atom stereocenters. The summed E-state index contributed by atoms with van der Waals surface area (Å²) in [4.78, 5) is 0. The summed E-state index contributed by atoms with van der Waals surface area (Å²) in [6.45, 7) is 0. The van der Waals surface area contributed by atoms with E-state index in [0.29, 0.717) is 6.04 Å². The van der Waals surface area contributed by atoms with E-state index in [1.165, 1.54) is 24.8 Å². The van der Waals surface area contributed by atoms with Gasteiger partial charge in [0.25, 0.3) is 0 Å². The highest BCUT2D eigenvalue weighted by molar-refractivity contribution is 9.10. The van der Waals surface area contributed by atoms with Gasteiger partial charge in [0, 0.05) is 10.5 Å². The zero-order valence-corrected chi connectivity index (χ0v) is 11.7. The molecule has 0 aliphatic heterocycles. The highest BCUT2D eigenvalue weighted by atomic mass is 79.9. The molecule has 4 heteroatoms. The predicted molar refractivity (Wildman–Crippen MR) is 72.9 cm³/mol. The van der Waals surface area contributed by atoms with Crippen LogP contribution in [0.4, 0.5) is 0 Å². The summed E-state index contributed by atoms with van der Waals surface area (Å²) in [7, 11) is 1.69. The normalized spacial score (nSPS) is 17.6. The molecule has 1 aromatic carbocycles. The van der Waals surface area contributed by atoms with Gasteiger partial charge in [0.15, 0.2) is 0 Å². The molecular weight excluding hydrogens is 280 g/mol.